The van der Waals surface area contributed by atoms with E-state index in [1.54, 1.807) is 13.0 Å². The van der Waals surface area contributed by atoms with Crippen LogP contribution in [-0.4, -0.2) is 26.6 Å². The van der Waals surface area contributed by atoms with Crippen LogP contribution in [0.5, 0.6) is 0 Å². The third kappa shape index (κ3) is 2.45. The van der Waals surface area contributed by atoms with E-state index in [4.69, 9.17) is 5.73 Å². The van der Waals surface area contributed by atoms with Crippen LogP contribution in [0.15, 0.2) is 35.1 Å². The Morgan fingerprint density at radius 2 is 2.05 bits per heavy atom. The number of rotatable bonds is 3. The molecule has 21 heavy (non-hydrogen) atoms. The van der Waals surface area contributed by atoms with Crippen LogP contribution in [0.25, 0.3) is 5.65 Å². The number of nitrogens with two attached hydrogens (primary N) is 1. The van der Waals surface area contributed by atoms with Gasteiger partial charge in [-0.05, 0) is 24.6 Å². The van der Waals surface area contributed by atoms with Gasteiger partial charge in [0.2, 0.25) is 0 Å². The zero-order valence-corrected chi connectivity index (χ0v) is 11.9. The van der Waals surface area contributed by atoms with Crippen molar-refractivity contribution in [2.24, 2.45) is 0 Å². The van der Waals surface area contributed by atoms with E-state index < -0.39 is 0 Å². The van der Waals surface area contributed by atoms with Crippen LogP contribution in [0, 0.1) is 6.92 Å². The Labute approximate surface area is 121 Å². The topological polar surface area (TPSA) is 92.3 Å². The number of nitrogens with one attached hydrogen (secondary N) is 1. The molecular weight excluding hydrogens is 268 g/mol. The van der Waals surface area contributed by atoms with E-state index in [0.717, 1.165) is 17.1 Å². The van der Waals surface area contributed by atoms with Crippen LogP contribution in [0.3, 0.4) is 0 Å². The molecule has 7 heteroatoms. The lowest BCUT2D eigenvalue weighted by Crippen LogP contribution is -2.20. The molecular formula is C14H16N6O. The van der Waals surface area contributed by atoms with Crippen LogP contribution in [0.2, 0.25) is 0 Å². The second-order valence-electron chi connectivity index (χ2n) is 4.98. The summed E-state index contributed by atoms with van der Waals surface area (Å²) < 4.78 is 1.44. The number of benzene rings is 1. The van der Waals surface area contributed by atoms with E-state index in [-0.39, 0.29) is 5.69 Å². The first-order chi connectivity index (χ1) is 10.0. The molecule has 2 aromatic heterocycles. The Morgan fingerprint density at radius 1 is 1.33 bits per heavy atom. The molecule has 0 aliphatic rings. The molecule has 0 bridgehead atoms. The van der Waals surface area contributed by atoms with Crippen LogP contribution < -0.4 is 16.3 Å². The lowest BCUT2D eigenvalue weighted by molar-refractivity contribution is 0.863. The number of fused-ring (bicyclic) bond motifs is 1. The molecule has 0 radical (unpaired) electrons. The minimum Gasteiger partial charge on any atom is -0.399 e. The molecule has 2 heterocycles. The summed E-state index contributed by atoms with van der Waals surface area (Å²) in [7, 11) is 1.94. The number of aryl methyl sites for hydroxylation is 1. The summed E-state index contributed by atoms with van der Waals surface area (Å²) in [6.45, 7) is 2.47. The van der Waals surface area contributed by atoms with Crippen molar-refractivity contribution in [3.8, 4) is 0 Å². The predicted molar refractivity (Wildman–Crippen MR) is 81.3 cm³/mol. The van der Waals surface area contributed by atoms with Crippen molar-refractivity contribution in [3.05, 3.63) is 52.2 Å². The monoisotopic (exact) mass is 284 g/mol. The molecule has 3 N–H and O–H groups in total. The average molecular weight is 284 g/mol. The van der Waals surface area contributed by atoms with Gasteiger partial charge in [0.1, 0.15) is 11.6 Å². The fraction of sp³-hybridized carbons (Fsp3) is 0.214. The molecule has 3 rings (SSSR count). The quantitative estimate of drug-likeness (QED) is 0.698. The largest absolute Gasteiger partial charge is 0.399 e. The SMILES string of the molecule is Cc1nc(N(C)Cc2ccc(N)cc2)cc2n[nH]c(=O)n12. The molecule has 0 amide bonds. The first-order valence-corrected chi connectivity index (χ1v) is 6.55. The molecule has 0 aliphatic carbocycles. The van der Waals surface area contributed by atoms with E-state index in [1.165, 1.54) is 4.40 Å². The predicted octanol–water partition coefficient (Wildman–Crippen LogP) is 0.945. The molecule has 0 unspecified atom stereocenters. The zero-order chi connectivity index (χ0) is 15.0. The Bertz CT molecular complexity index is 833. The number of nitrogens with zero attached hydrogens (tertiary/aromatic N) is 4. The van der Waals surface area contributed by atoms with E-state index >= 15 is 0 Å². The minimum absolute atomic E-state index is 0.275. The number of hydrogen-bond donors (Lipinski definition) is 2. The Kier molecular flexibility index (Phi) is 3.09. The highest BCUT2D eigenvalue weighted by molar-refractivity contribution is 5.51. The molecule has 0 saturated carbocycles. The molecule has 0 spiro atoms. The van der Waals surface area contributed by atoms with E-state index in [0.29, 0.717) is 18.0 Å². The third-order valence-electron chi connectivity index (χ3n) is 3.35. The lowest BCUT2D eigenvalue weighted by Gasteiger charge is -2.19. The summed E-state index contributed by atoms with van der Waals surface area (Å²) >= 11 is 0. The highest BCUT2D eigenvalue weighted by Gasteiger charge is 2.10. The van der Waals surface area contributed by atoms with Gasteiger partial charge < -0.3 is 10.6 Å². The van der Waals surface area contributed by atoms with Gasteiger partial charge in [0.25, 0.3) is 0 Å². The van der Waals surface area contributed by atoms with Gasteiger partial charge in [-0.3, -0.25) is 0 Å². The van der Waals surface area contributed by atoms with E-state index in [9.17, 15) is 4.79 Å². The molecule has 7 nitrogen and oxygen atoms in total. The van der Waals surface area contributed by atoms with Gasteiger partial charge in [0.05, 0.1) is 0 Å². The number of aromatic amines is 1. The van der Waals surface area contributed by atoms with E-state index in [2.05, 4.69) is 15.2 Å². The summed E-state index contributed by atoms with van der Waals surface area (Å²) in [5, 5.41) is 6.41. The van der Waals surface area contributed by atoms with Gasteiger partial charge >= 0.3 is 5.69 Å². The maximum Gasteiger partial charge on any atom is 0.349 e. The Morgan fingerprint density at radius 3 is 2.76 bits per heavy atom. The molecule has 1 aromatic carbocycles. The maximum atomic E-state index is 11.6. The minimum atomic E-state index is -0.275. The van der Waals surface area contributed by atoms with Crippen molar-refractivity contribution in [3.63, 3.8) is 0 Å². The second kappa shape index (κ2) is 4.93. The van der Waals surface area contributed by atoms with Crippen LogP contribution in [0.1, 0.15) is 11.4 Å². The molecule has 108 valence electrons. The average Bonchev–Trinajstić information content (AvgIpc) is 2.83. The molecule has 0 aliphatic heterocycles. The van der Waals surface area contributed by atoms with Gasteiger partial charge in [0, 0.05) is 25.3 Å². The van der Waals surface area contributed by atoms with E-state index in [1.807, 2.05) is 36.2 Å². The first-order valence-electron chi connectivity index (χ1n) is 6.55. The summed E-state index contributed by atoms with van der Waals surface area (Å²) in [5.41, 5.74) is 7.84. The maximum absolute atomic E-state index is 11.6. The molecule has 0 saturated heterocycles. The summed E-state index contributed by atoms with van der Waals surface area (Å²) in [4.78, 5) is 18.0. The summed E-state index contributed by atoms with van der Waals surface area (Å²) in [6.07, 6.45) is 0. The fourth-order valence-electron chi connectivity index (χ4n) is 2.26. The van der Waals surface area contributed by atoms with Crippen molar-refractivity contribution in [1.29, 1.82) is 0 Å². The fourth-order valence-corrected chi connectivity index (χ4v) is 2.26. The number of nitrogen functional groups attached to an aromatic ring is 1. The Hall–Kier alpha value is -2.83. The van der Waals surface area contributed by atoms with Crippen molar-refractivity contribution >= 4 is 17.2 Å². The highest BCUT2D eigenvalue weighted by Crippen LogP contribution is 2.15. The van der Waals surface area contributed by atoms with Gasteiger partial charge in [0.15, 0.2) is 5.65 Å². The smallest absolute Gasteiger partial charge is 0.349 e. The van der Waals surface area contributed by atoms with Crippen molar-refractivity contribution < 1.29 is 0 Å². The first kappa shape index (κ1) is 13.2. The van der Waals surface area contributed by atoms with Crippen molar-refractivity contribution in [2.45, 2.75) is 13.5 Å². The summed E-state index contributed by atoms with van der Waals surface area (Å²) in [5.74, 6) is 1.36. The standard InChI is InChI=1S/C14H16N6O/c1-9-16-12(7-13-17-18-14(21)20(9)13)19(2)8-10-3-5-11(15)6-4-10/h3-7H,8,15H2,1-2H3,(H,18,21). The van der Waals surface area contributed by atoms with Crippen LogP contribution in [0.4, 0.5) is 11.5 Å². The number of anilines is 2. The lowest BCUT2D eigenvalue weighted by atomic mass is 10.2. The van der Waals surface area contributed by atoms with Gasteiger partial charge in [-0.1, -0.05) is 12.1 Å². The number of H-pyrrole nitrogens is 1. The normalized spacial score (nSPS) is 11.0. The van der Waals surface area contributed by atoms with Crippen molar-refractivity contribution in [1.82, 2.24) is 19.6 Å². The molecule has 0 atom stereocenters. The highest BCUT2D eigenvalue weighted by atomic mass is 16.1. The number of aromatic nitrogens is 4. The van der Waals surface area contributed by atoms with Crippen molar-refractivity contribution in [2.75, 3.05) is 17.7 Å². The van der Waals surface area contributed by atoms with Gasteiger partial charge in [-0.2, -0.15) is 5.10 Å². The summed E-state index contributed by atoms with van der Waals surface area (Å²) in [6, 6.07) is 9.49. The van der Waals surface area contributed by atoms with Gasteiger partial charge in [-0.15, -0.1) is 0 Å². The molecule has 3 aromatic rings. The molecule has 0 fully saturated rings. The second-order valence-corrected chi connectivity index (χ2v) is 4.98. The van der Waals surface area contributed by atoms with Crippen LogP contribution in [-0.2, 0) is 6.54 Å². The Balaban J connectivity index is 1.92. The third-order valence-corrected chi connectivity index (χ3v) is 3.35. The number of hydrogen-bond acceptors (Lipinski definition) is 5. The van der Waals surface area contributed by atoms with Crippen LogP contribution >= 0.6 is 0 Å². The zero-order valence-electron chi connectivity index (χ0n) is 11.9. The van der Waals surface area contributed by atoms with Gasteiger partial charge in [-0.25, -0.2) is 19.3 Å².